The lowest BCUT2D eigenvalue weighted by atomic mass is 10.1. The first-order valence-electron chi connectivity index (χ1n) is 5.57. The molecule has 17 heavy (non-hydrogen) atoms. The Kier molecular flexibility index (Phi) is 3.47. The highest BCUT2D eigenvalue weighted by Crippen LogP contribution is 2.30. The zero-order valence-corrected chi connectivity index (χ0v) is 11.5. The third-order valence-corrected chi connectivity index (χ3v) is 3.27. The number of anilines is 1. The van der Waals surface area contributed by atoms with Crippen LogP contribution in [-0.2, 0) is 13.5 Å². The maximum absolute atomic E-state index is 6.04. The van der Waals surface area contributed by atoms with Crippen molar-refractivity contribution in [2.45, 2.75) is 19.8 Å². The van der Waals surface area contributed by atoms with Crippen molar-refractivity contribution in [2.75, 3.05) is 5.73 Å². The molecule has 90 valence electrons. The number of nitrogen functional groups attached to an aromatic ring is 1. The van der Waals surface area contributed by atoms with Gasteiger partial charge in [-0.3, -0.25) is 0 Å². The fourth-order valence-electron chi connectivity index (χ4n) is 1.73. The van der Waals surface area contributed by atoms with E-state index in [0.717, 1.165) is 34.5 Å². The van der Waals surface area contributed by atoms with Crippen molar-refractivity contribution in [1.29, 1.82) is 0 Å². The van der Waals surface area contributed by atoms with E-state index in [2.05, 4.69) is 32.9 Å². The van der Waals surface area contributed by atoms with Crippen molar-refractivity contribution in [3.05, 3.63) is 28.5 Å². The minimum Gasteiger partial charge on any atom is -0.397 e. The first kappa shape index (κ1) is 12.1. The molecule has 5 heteroatoms. The van der Waals surface area contributed by atoms with Gasteiger partial charge >= 0.3 is 0 Å². The van der Waals surface area contributed by atoms with Gasteiger partial charge in [-0.05, 0) is 34.5 Å². The SMILES string of the molecule is CCCc1nc(-c2cccc(Br)c2N)n(C)n1. The molecule has 0 fully saturated rings. The second kappa shape index (κ2) is 4.87. The number of halogens is 1. The third-order valence-electron chi connectivity index (χ3n) is 2.57. The average molecular weight is 295 g/mol. The maximum Gasteiger partial charge on any atom is 0.160 e. The molecule has 1 heterocycles. The van der Waals surface area contributed by atoms with Crippen LogP contribution in [0.4, 0.5) is 5.69 Å². The van der Waals surface area contributed by atoms with Gasteiger partial charge in [0.15, 0.2) is 11.6 Å². The first-order chi connectivity index (χ1) is 8.13. The Bertz CT molecular complexity index is 533. The van der Waals surface area contributed by atoms with Gasteiger partial charge in [0, 0.05) is 23.5 Å². The number of hydrogen-bond acceptors (Lipinski definition) is 3. The average Bonchev–Trinajstić information content (AvgIpc) is 2.64. The Labute approximate surface area is 109 Å². The van der Waals surface area contributed by atoms with Gasteiger partial charge in [0.05, 0.1) is 5.69 Å². The van der Waals surface area contributed by atoms with Gasteiger partial charge in [-0.15, -0.1) is 0 Å². The van der Waals surface area contributed by atoms with E-state index in [4.69, 9.17) is 5.73 Å². The number of para-hydroxylation sites is 1. The van der Waals surface area contributed by atoms with Crippen LogP contribution in [0.1, 0.15) is 19.2 Å². The van der Waals surface area contributed by atoms with E-state index in [-0.39, 0.29) is 0 Å². The predicted molar refractivity (Wildman–Crippen MR) is 72.5 cm³/mol. The Morgan fingerprint density at radius 2 is 2.18 bits per heavy atom. The monoisotopic (exact) mass is 294 g/mol. The molecule has 0 aliphatic heterocycles. The van der Waals surface area contributed by atoms with Gasteiger partial charge in [-0.25, -0.2) is 9.67 Å². The van der Waals surface area contributed by atoms with Crippen LogP contribution in [0.5, 0.6) is 0 Å². The van der Waals surface area contributed by atoms with Crippen molar-refractivity contribution >= 4 is 21.6 Å². The lowest BCUT2D eigenvalue weighted by molar-refractivity contribution is 0.738. The Morgan fingerprint density at radius 1 is 1.41 bits per heavy atom. The van der Waals surface area contributed by atoms with Crippen LogP contribution in [0.25, 0.3) is 11.4 Å². The summed E-state index contributed by atoms with van der Waals surface area (Å²) in [7, 11) is 1.89. The summed E-state index contributed by atoms with van der Waals surface area (Å²) in [5.74, 6) is 1.68. The fourth-order valence-corrected chi connectivity index (χ4v) is 2.10. The number of nitrogens with zero attached hydrogens (tertiary/aromatic N) is 3. The lowest BCUT2D eigenvalue weighted by Gasteiger charge is -2.05. The minimum absolute atomic E-state index is 0.700. The lowest BCUT2D eigenvalue weighted by Crippen LogP contribution is -1.98. The van der Waals surface area contributed by atoms with E-state index in [9.17, 15) is 0 Å². The molecule has 0 saturated carbocycles. The quantitative estimate of drug-likeness (QED) is 0.886. The summed E-state index contributed by atoms with van der Waals surface area (Å²) in [4.78, 5) is 4.52. The molecule has 2 N–H and O–H groups in total. The van der Waals surface area contributed by atoms with E-state index in [1.807, 2.05) is 25.2 Å². The molecule has 0 amide bonds. The molecule has 2 aromatic rings. The molecule has 0 unspecified atom stereocenters. The third kappa shape index (κ3) is 2.34. The minimum atomic E-state index is 0.700. The van der Waals surface area contributed by atoms with Crippen molar-refractivity contribution in [2.24, 2.45) is 7.05 Å². The molecule has 0 bridgehead atoms. The Balaban J connectivity index is 2.49. The van der Waals surface area contributed by atoms with Gasteiger partial charge in [0.1, 0.15) is 0 Å². The maximum atomic E-state index is 6.04. The molecule has 0 spiro atoms. The summed E-state index contributed by atoms with van der Waals surface area (Å²) in [6.45, 7) is 2.11. The van der Waals surface area contributed by atoms with Crippen LogP contribution in [0.15, 0.2) is 22.7 Å². The Morgan fingerprint density at radius 3 is 2.88 bits per heavy atom. The molecule has 4 nitrogen and oxygen atoms in total. The number of aromatic nitrogens is 3. The van der Waals surface area contributed by atoms with Crippen LogP contribution in [0, 0.1) is 0 Å². The standard InChI is InChI=1S/C12H15BrN4/c1-3-5-10-15-12(17(2)16-10)8-6-4-7-9(13)11(8)14/h4,6-7H,3,5,14H2,1-2H3. The summed E-state index contributed by atoms with van der Waals surface area (Å²) in [5.41, 5.74) is 7.65. The first-order valence-corrected chi connectivity index (χ1v) is 6.37. The van der Waals surface area contributed by atoms with Gasteiger partial charge < -0.3 is 5.73 Å². The van der Waals surface area contributed by atoms with Crippen LogP contribution in [0.3, 0.4) is 0 Å². The summed E-state index contributed by atoms with van der Waals surface area (Å²) in [6.07, 6.45) is 1.93. The number of benzene rings is 1. The molecule has 1 aromatic heterocycles. The van der Waals surface area contributed by atoms with E-state index < -0.39 is 0 Å². The molecular weight excluding hydrogens is 280 g/mol. The molecule has 0 saturated heterocycles. The topological polar surface area (TPSA) is 56.7 Å². The second-order valence-corrected chi connectivity index (χ2v) is 4.78. The van der Waals surface area contributed by atoms with E-state index >= 15 is 0 Å². The highest BCUT2D eigenvalue weighted by atomic mass is 79.9. The molecular formula is C12H15BrN4. The Hall–Kier alpha value is -1.36. The smallest absolute Gasteiger partial charge is 0.160 e. The summed E-state index contributed by atoms with van der Waals surface area (Å²) in [5, 5.41) is 4.38. The van der Waals surface area contributed by atoms with Crippen molar-refractivity contribution in [3.8, 4) is 11.4 Å². The van der Waals surface area contributed by atoms with Gasteiger partial charge in [-0.1, -0.05) is 13.0 Å². The molecule has 0 aliphatic carbocycles. The highest BCUT2D eigenvalue weighted by molar-refractivity contribution is 9.10. The highest BCUT2D eigenvalue weighted by Gasteiger charge is 2.12. The van der Waals surface area contributed by atoms with E-state index in [1.165, 1.54) is 0 Å². The molecule has 0 aliphatic rings. The van der Waals surface area contributed by atoms with Gasteiger partial charge in [-0.2, -0.15) is 5.10 Å². The normalized spacial score (nSPS) is 10.8. The van der Waals surface area contributed by atoms with E-state index in [1.54, 1.807) is 4.68 Å². The predicted octanol–water partition coefficient (Wildman–Crippen LogP) is 2.78. The van der Waals surface area contributed by atoms with Crippen molar-refractivity contribution in [3.63, 3.8) is 0 Å². The number of nitrogens with two attached hydrogens (primary N) is 1. The van der Waals surface area contributed by atoms with E-state index in [0.29, 0.717) is 5.69 Å². The number of hydrogen-bond donors (Lipinski definition) is 1. The zero-order valence-electron chi connectivity index (χ0n) is 9.94. The molecule has 0 radical (unpaired) electrons. The number of aryl methyl sites for hydroxylation is 2. The zero-order chi connectivity index (χ0) is 12.4. The summed E-state index contributed by atoms with van der Waals surface area (Å²) in [6, 6.07) is 5.83. The van der Waals surface area contributed by atoms with Crippen molar-refractivity contribution in [1.82, 2.24) is 14.8 Å². The molecule has 1 aromatic carbocycles. The van der Waals surface area contributed by atoms with Gasteiger partial charge in [0.2, 0.25) is 0 Å². The van der Waals surface area contributed by atoms with Crippen LogP contribution >= 0.6 is 15.9 Å². The van der Waals surface area contributed by atoms with Crippen LogP contribution in [-0.4, -0.2) is 14.8 Å². The second-order valence-electron chi connectivity index (χ2n) is 3.93. The van der Waals surface area contributed by atoms with Crippen LogP contribution in [0.2, 0.25) is 0 Å². The van der Waals surface area contributed by atoms with Gasteiger partial charge in [0.25, 0.3) is 0 Å². The largest absolute Gasteiger partial charge is 0.397 e. The summed E-state index contributed by atoms with van der Waals surface area (Å²) >= 11 is 3.42. The number of rotatable bonds is 3. The molecule has 0 atom stereocenters. The molecule has 2 rings (SSSR count). The fraction of sp³-hybridized carbons (Fsp3) is 0.333. The summed E-state index contributed by atoms with van der Waals surface area (Å²) < 4.78 is 2.67. The van der Waals surface area contributed by atoms with Crippen molar-refractivity contribution < 1.29 is 0 Å². The van der Waals surface area contributed by atoms with Crippen LogP contribution < -0.4 is 5.73 Å².